The minimum absolute atomic E-state index is 0.108. The van der Waals surface area contributed by atoms with Gasteiger partial charge in [-0.05, 0) is 42.0 Å². The third-order valence-corrected chi connectivity index (χ3v) is 4.84. The quantitative estimate of drug-likeness (QED) is 0.577. The van der Waals surface area contributed by atoms with Crippen LogP contribution in [0.1, 0.15) is 15.9 Å². The first-order valence-electron chi connectivity index (χ1n) is 8.44. The fraction of sp³-hybridized carbons (Fsp3) is 0.100. The van der Waals surface area contributed by atoms with Gasteiger partial charge in [-0.25, -0.2) is 0 Å². The van der Waals surface area contributed by atoms with E-state index in [1.807, 2.05) is 18.2 Å². The highest BCUT2D eigenvalue weighted by Gasteiger charge is 2.08. The lowest BCUT2D eigenvalue weighted by Gasteiger charge is -2.06. The number of halogens is 1. The van der Waals surface area contributed by atoms with E-state index in [1.165, 1.54) is 11.8 Å². The van der Waals surface area contributed by atoms with Gasteiger partial charge in [0.05, 0.1) is 5.75 Å². The summed E-state index contributed by atoms with van der Waals surface area (Å²) in [5.41, 5.74) is 1.51. The fourth-order valence-electron chi connectivity index (χ4n) is 2.24. The number of nitrogens with one attached hydrogen (secondary N) is 2. The van der Waals surface area contributed by atoms with Crippen LogP contribution in [-0.4, -0.2) is 27.8 Å². The minimum Gasteiger partial charge on any atom is -0.351 e. The van der Waals surface area contributed by atoms with Crippen LogP contribution in [0.3, 0.4) is 0 Å². The first kappa shape index (κ1) is 19.9. The van der Waals surface area contributed by atoms with Crippen LogP contribution in [0.25, 0.3) is 0 Å². The maximum absolute atomic E-state index is 12.1. The number of amides is 2. The molecule has 0 aliphatic heterocycles. The molecule has 2 aromatic carbocycles. The van der Waals surface area contributed by atoms with E-state index in [0.29, 0.717) is 28.0 Å². The van der Waals surface area contributed by atoms with Gasteiger partial charge in [-0.2, -0.15) is 0 Å². The summed E-state index contributed by atoms with van der Waals surface area (Å²) in [6.45, 7) is 0.437. The van der Waals surface area contributed by atoms with Crippen molar-refractivity contribution in [1.82, 2.24) is 15.5 Å². The molecule has 2 N–H and O–H groups in total. The Morgan fingerprint density at radius 2 is 1.68 bits per heavy atom. The second-order valence-corrected chi connectivity index (χ2v) is 7.20. The highest BCUT2D eigenvalue weighted by atomic mass is 35.5. The largest absolute Gasteiger partial charge is 0.351 e. The molecule has 8 heteroatoms. The van der Waals surface area contributed by atoms with E-state index in [-0.39, 0.29) is 17.6 Å². The van der Waals surface area contributed by atoms with Crippen LogP contribution in [0, 0.1) is 0 Å². The van der Waals surface area contributed by atoms with E-state index in [0.717, 1.165) is 5.56 Å². The predicted molar refractivity (Wildman–Crippen MR) is 110 cm³/mol. The number of carbonyl (C=O) groups excluding carboxylic acids is 2. The van der Waals surface area contributed by atoms with Crippen LogP contribution in [0.2, 0.25) is 5.02 Å². The van der Waals surface area contributed by atoms with Gasteiger partial charge in [-0.15, -0.1) is 10.2 Å². The molecule has 0 aliphatic carbocycles. The van der Waals surface area contributed by atoms with Crippen molar-refractivity contribution in [2.24, 2.45) is 0 Å². The van der Waals surface area contributed by atoms with Gasteiger partial charge in [0.25, 0.3) is 5.91 Å². The molecule has 0 radical (unpaired) electrons. The van der Waals surface area contributed by atoms with Crippen molar-refractivity contribution in [2.75, 3.05) is 11.1 Å². The number of hydrogen-bond donors (Lipinski definition) is 2. The molecule has 142 valence electrons. The molecule has 0 unspecified atom stereocenters. The first-order chi connectivity index (χ1) is 13.6. The zero-order chi connectivity index (χ0) is 19.8. The number of hydrogen-bond acceptors (Lipinski definition) is 5. The number of aromatic nitrogens is 2. The summed E-state index contributed by atoms with van der Waals surface area (Å²) >= 11 is 7.11. The van der Waals surface area contributed by atoms with Crippen molar-refractivity contribution in [2.45, 2.75) is 11.6 Å². The van der Waals surface area contributed by atoms with Crippen LogP contribution in [-0.2, 0) is 11.3 Å². The van der Waals surface area contributed by atoms with E-state index in [4.69, 9.17) is 11.6 Å². The van der Waals surface area contributed by atoms with E-state index in [1.54, 1.807) is 48.5 Å². The third kappa shape index (κ3) is 6.07. The number of nitrogens with zero attached hydrogens (tertiary/aromatic N) is 2. The molecule has 1 heterocycles. The molecule has 3 rings (SSSR count). The molecule has 0 atom stereocenters. The maximum Gasteiger partial charge on any atom is 0.256 e. The summed E-state index contributed by atoms with van der Waals surface area (Å²) in [5.74, 6) is 0.211. The smallest absolute Gasteiger partial charge is 0.256 e. The molecular formula is C20H17ClN4O2S. The zero-order valence-electron chi connectivity index (χ0n) is 14.8. The van der Waals surface area contributed by atoms with E-state index in [9.17, 15) is 9.59 Å². The van der Waals surface area contributed by atoms with Crippen LogP contribution >= 0.6 is 23.4 Å². The Morgan fingerprint density at radius 3 is 2.36 bits per heavy atom. The van der Waals surface area contributed by atoms with E-state index < -0.39 is 0 Å². The molecule has 0 spiro atoms. The molecule has 0 saturated heterocycles. The SMILES string of the molecule is O=C(CSc1ccc(NC(=O)c2ccccc2)nn1)NCc1ccc(Cl)cc1. The summed E-state index contributed by atoms with van der Waals surface area (Å²) in [5, 5.41) is 14.8. The Hall–Kier alpha value is -2.90. The second kappa shape index (κ2) is 9.87. The summed E-state index contributed by atoms with van der Waals surface area (Å²) in [6.07, 6.45) is 0. The first-order valence-corrected chi connectivity index (χ1v) is 9.80. The van der Waals surface area contributed by atoms with Gasteiger partial charge in [-0.1, -0.05) is 53.7 Å². The fourth-order valence-corrected chi connectivity index (χ4v) is 3.00. The predicted octanol–water partition coefficient (Wildman–Crippen LogP) is 3.79. The number of benzene rings is 2. The van der Waals surface area contributed by atoms with Crippen molar-refractivity contribution >= 4 is 41.0 Å². The lowest BCUT2D eigenvalue weighted by Crippen LogP contribution is -2.24. The zero-order valence-corrected chi connectivity index (χ0v) is 16.3. The Labute approximate surface area is 171 Å². The Bertz CT molecular complexity index is 935. The highest BCUT2D eigenvalue weighted by molar-refractivity contribution is 7.99. The molecular weight excluding hydrogens is 396 g/mol. The molecule has 3 aromatic rings. The normalized spacial score (nSPS) is 10.3. The number of anilines is 1. The monoisotopic (exact) mass is 412 g/mol. The van der Waals surface area contributed by atoms with Crippen molar-refractivity contribution < 1.29 is 9.59 Å². The lowest BCUT2D eigenvalue weighted by atomic mass is 10.2. The van der Waals surface area contributed by atoms with Gasteiger partial charge in [-0.3, -0.25) is 9.59 Å². The molecule has 0 aliphatic rings. The van der Waals surface area contributed by atoms with Gasteiger partial charge < -0.3 is 10.6 Å². The molecule has 1 aromatic heterocycles. The summed E-state index contributed by atoms with van der Waals surface area (Å²) in [4.78, 5) is 24.0. The van der Waals surface area contributed by atoms with Crippen molar-refractivity contribution in [3.63, 3.8) is 0 Å². The van der Waals surface area contributed by atoms with E-state index >= 15 is 0 Å². The standard InChI is InChI=1S/C20H17ClN4O2S/c21-16-8-6-14(7-9-16)12-22-18(26)13-28-19-11-10-17(24-25-19)23-20(27)15-4-2-1-3-5-15/h1-11H,12-13H2,(H,22,26)(H,23,24,27). The van der Waals surface area contributed by atoms with Crippen LogP contribution in [0.4, 0.5) is 5.82 Å². The summed E-state index contributed by atoms with van der Waals surface area (Å²) in [7, 11) is 0. The van der Waals surface area contributed by atoms with Crippen molar-refractivity contribution in [3.8, 4) is 0 Å². The van der Waals surface area contributed by atoms with Gasteiger partial charge in [0.1, 0.15) is 5.03 Å². The minimum atomic E-state index is -0.253. The maximum atomic E-state index is 12.1. The third-order valence-electron chi connectivity index (χ3n) is 3.67. The van der Waals surface area contributed by atoms with Crippen LogP contribution < -0.4 is 10.6 Å². The lowest BCUT2D eigenvalue weighted by molar-refractivity contribution is -0.118. The van der Waals surface area contributed by atoms with Gasteiger partial charge in [0, 0.05) is 17.1 Å². The molecule has 0 saturated carbocycles. The van der Waals surface area contributed by atoms with Crippen molar-refractivity contribution in [3.05, 3.63) is 82.9 Å². The van der Waals surface area contributed by atoms with Gasteiger partial charge in [0.2, 0.25) is 5.91 Å². The highest BCUT2D eigenvalue weighted by Crippen LogP contribution is 2.16. The summed E-state index contributed by atoms with van der Waals surface area (Å²) in [6, 6.07) is 19.5. The van der Waals surface area contributed by atoms with Crippen LogP contribution in [0.15, 0.2) is 71.8 Å². The van der Waals surface area contributed by atoms with Gasteiger partial charge >= 0.3 is 0 Å². The van der Waals surface area contributed by atoms with Crippen LogP contribution in [0.5, 0.6) is 0 Å². The Morgan fingerprint density at radius 1 is 0.929 bits per heavy atom. The average Bonchev–Trinajstić information content (AvgIpc) is 2.73. The second-order valence-electron chi connectivity index (χ2n) is 5.77. The average molecular weight is 413 g/mol. The molecule has 0 fully saturated rings. The number of thioether (sulfide) groups is 1. The molecule has 6 nitrogen and oxygen atoms in total. The molecule has 0 bridgehead atoms. The Balaban J connectivity index is 1.44. The number of carbonyl (C=O) groups is 2. The molecule has 28 heavy (non-hydrogen) atoms. The van der Waals surface area contributed by atoms with Gasteiger partial charge in [0.15, 0.2) is 5.82 Å². The summed E-state index contributed by atoms with van der Waals surface area (Å²) < 4.78 is 0. The van der Waals surface area contributed by atoms with Crippen molar-refractivity contribution in [1.29, 1.82) is 0 Å². The molecule has 2 amide bonds. The topological polar surface area (TPSA) is 84.0 Å². The number of rotatable bonds is 7. The van der Waals surface area contributed by atoms with E-state index in [2.05, 4.69) is 20.8 Å². The Kier molecular flexibility index (Phi) is 7.00.